The summed E-state index contributed by atoms with van der Waals surface area (Å²) in [5.41, 5.74) is 5.72. The molecule has 2 heterocycles. The number of benzene rings is 1. The van der Waals surface area contributed by atoms with Crippen LogP contribution in [0.3, 0.4) is 0 Å². The second-order valence-corrected chi connectivity index (χ2v) is 9.17. The Bertz CT molecular complexity index is 1080. The highest BCUT2D eigenvalue weighted by Gasteiger charge is 2.26. The SMILES string of the molecule is COCCCc1cc(Cc2ncc(C3CC3)cc2C(=O)O)cc2ccn(CC(C)C)c12. The summed E-state index contributed by atoms with van der Waals surface area (Å²) in [6.07, 6.45) is 8.71. The van der Waals surface area contributed by atoms with E-state index in [2.05, 4.69) is 47.8 Å². The fraction of sp³-hybridized carbons (Fsp3) is 0.462. The smallest absolute Gasteiger partial charge is 0.337 e. The lowest BCUT2D eigenvalue weighted by Gasteiger charge is -2.14. The Morgan fingerprint density at radius 1 is 1.29 bits per heavy atom. The van der Waals surface area contributed by atoms with Gasteiger partial charge in [-0.05, 0) is 72.4 Å². The fourth-order valence-corrected chi connectivity index (χ4v) is 4.42. The monoisotopic (exact) mass is 420 g/mol. The van der Waals surface area contributed by atoms with Gasteiger partial charge in [-0.3, -0.25) is 4.98 Å². The van der Waals surface area contributed by atoms with Crippen LogP contribution < -0.4 is 0 Å². The number of aromatic carboxylic acids is 1. The lowest BCUT2D eigenvalue weighted by Crippen LogP contribution is -2.08. The van der Waals surface area contributed by atoms with Gasteiger partial charge in [0.05, 0.1) is 16.8 Å². The maximum absolute atomic E-state index is 11.9. The molecular formula is C26H32N2O3. The van der Waals surface area contributed by atoms with E-state index in [1.165, 1.54) is 16.5 Å². The van der Waals surface area contributed by atoms with Crippen LogP contribution in [0.15, 0.2) is 36.7 Å². The van der Waals surface area contributed by atoms with Gasteiger partial charge < -0.3 is 14.4 Å². The molecule has 5 heteroatoms. The topological polar surface area (TPSA) is 64.3 Å². The highest BCUT2D eigenvalue weighted by atomic mass is 16.5. The second kappa shape index (κ2) is 9.23. The molecule has 1 fully saturated rings. The van der Waals surface area contributed by atoms with E-state index in [4.69, 9.17) is 4.74 Å². The van der Waals surface area contributed by atoms with Gasteiger partial charge in [0.15, 0.2) is 0 Å². The summed E-state index contributed by atoms with van der Waals surface area (Å²) in [6.45, 7) is 6.17. The van der Waals surface area contributed by atoms with Gasteiger partial charge in [-0.1, -0.05) is 19.9 Å². The number of pyridine rings is 1. The van der Waals surface area contributed by atoms with Crippen molar-refractivity contribution in [2.75, 3.05) is 13.7 Å². The van der Waals surface area contributed by atoms with Gasteiger partial charge in [0.25, 0.3) is 0 Å². The molecule has 0 bridgehead atoms. The van der Waals surface area contributed by atoms with Gasteiger partial charge in [-0.25, -0.2) is 4.79 Å². The third-order valence-electron chi connectivity index (χ3n) is 6.00. The van der Waals surface area contributed by atoms with E-state index in [0.29, 0.717) is 29.5 Å². The first-order chi connectivity index (χ1) is 15.0. The molecule has 2 aromatic heterocycles. The Morgan fingerprint density at radius 3 is 2.77 bits per heavy atom. The van der Waals surface area contributed by atoms with E-state index in [-0.39, 0.29) is 0 Å². The van der Waals surface area contributed by atoms with Gasteiger partial charge >= 0.3 is 5.97 Å². The lowest BCUT2D eigenvalue weighted by molar-refractivity contribution is 0.0695. The molecule has 31 heavy (non-hydrogen) atoms. The van der Waals surface area contributed by atoms with Crippen molar-refractivity contribution in [3.05, 3.63) is 64.6 Å². The first-order valence-electron chi connectivity index (χ1n) is 11.3. The van der Waals surface area contributed by atoms with Crippen molar-refractivity contribution in [1.82, 2.24) is 9.55 Å². The Morgan fingerprint density at radius 2 is 2.10 bits per heavy atom. The van der Waals surface area contributed by atoms with Crippen LogP contribution >= 0.6 is 0 Å². The summed E-state index contributed by atoms with van der Waals surface area (Å²) >= 11 is 0. The summed E-state index contributed by atoms with van der Waals surface area (Å²) in [4.78, 5) is 16.5. The zero-order valence-corrected chi connectivity index (χ0v) is 18.7. The van der Waals surface area contributed by atoms with Crippen LogP contribution in [0.25, 0.3) is 10.9 Å². The molecule has 164 valence electrons. The van der Waals surface area contributed by atoms with Gasteiger partial charge in [0, 0.05) is 44.5 Å². The number of nitrogens with zero attached hydrogens (tertiary/aromatic N) is 2. The number of carboxylic acids is 1. The molecule has 0 saturated heterocycles. The van der Waals surface area contributed by atoms with Crippen molar-refractivity contribution < 1.29 is 14.6 Å². The van der Waals surface area contributed by atoms with Gasteiger partial charge in [0.1, 0.15) is 0 Å². The summed E-state index contributed by atoms with van der Waals surface area (Å²) in [6, 6.07) is 8.42. The molecule has 1 N–H and O–H groups in total. The number of carboxylic acid groups (broad SMARTS) is 1. The average molecular weight is 421 g/mol. The molecule has 1 aliphatic carbocycles. The first-order valence-corrected chi connectivity index (χ1v) is 11.3. The Labute approximate surface area is 184 Å². The number of hydrogen-bond acceptors (Lipinski definition) is 3. The van der Waals surface area contributed by atoms with Crippen LogP contribution in [0.4, 0.5) is 0 Å². The van der Waals surface area contributed by atoms with Gasteiger partial charge in [-0.15, -0.1) is 0 Å². The molecule has 0 atom stereocenters. The lowest BCUT2D eigenvalue weighted by atomic mass is 9.97. The largest absolute Gasteiger partial charge is 0.478 e. The molecule has 3 aromatic rings. The molecule has 5 nitrogen and oxygen atoms in total. The van der Waals surface area contributed by atoms with Crippen molar-refractivity contribution >= 4 is 16.9 Å². The highest BCUT2D eigenvalue weighted by Crippen LogP contribution is 2.40. The normalized spacial score (nSPS) is 13.9. The molecule has 0 amide bonds. The van der Waals surface area contributed by atoms with Crippen molar-refractivity contribution in [2.24, 2.45) is 5.92 Å². The number of ether oxygens (including phenoxy) is 1. The third kappa shape index (κ3) is 4.99. The predicted octanol–water partition coefficient (Wildman–Crippen LogP) is 5.44. The Hall–Kier alpha value is -2.66. The van der Waals surface area contributed by atoms with E-state index >= 15 is 0 Å². The number of carbonyl (C=O) groups is 1. The maximum Gasteiger partial charge on any atom is 0.337 e. The molecular weight excluding hydrogens is 388 g/mol. The Balaban J connectivity index is 1.70. The van der Waals surface area contributed by atoms with E-state index in [1.54, 1.807) is 7.11 Å². The molecule has 1 saturated carbocycles. The predicted molar refractivity (Wildman–Crippen MR) is 123 cm³/mol. The quantitative estimate of drug-likeness (QED) is 0.444. The number of fused-ring (bicyclic) bond motifs is 1. The molecule has 0 spiro atoms. The highest BCUT2D eigenvalue weighted by molar-refractivity contribution is 5.89. The summed E-state index contributed by atoms with van der Waals surface area (Å²) in [5.74, 6) is 0.160. The van der Waals surface area contributed by atoms with E-state index in [0.717, 1.165) is 50.0 Å². The molecule has 1 aromatic carbocycles. The van der Waals surface area contributed by atoms with Crippen molar-refractivity contribution in [3.8, 4) is 0 Å². The maximum atomic E-state index is 11.9. The van der Waals surface area contributed by atoms with Crippen molar-refractivity contribution in [3.63, 3.8) is 0 Å². The first kappa shape index (κ1) is 21.6. The van der Waals surface area contributed by atoms with E-state index in [1.807, 2.05) is 12.3 Å². The minimum atomic E-state index is -0.894. The van der Waals surface area contributed by atoms with Crippen LogP contribution in [0.2, 0.25) is 0 Å². The molecule has 0 unspecified atom stereocenters. The molecule has 4 rings (SSSR count). The summed E-state index contributed by atoms with van der Waals surface area (Å²) in [7, 11) is 1.73. The van der Waals surface area contributed by atoms with Crippen LogP contribution in [0.1, 0.15) is 71.8 Å². The second-order valence-electron chi connectivity index (χ2n) is 9.17. The number of hydrogen-bond donors (Lipinski definition) is 1. The molecule has 1 aliphatic rings. The van der Waals surface area contributed by atoms with Crippen molar-refractivity contribution in [2.45, 2.75) is 58.4 Å². The minimum Gasteiger partial charge on any atom is -0.478 e. The van der Waals surface area contributed by atoms with Crippen LogP contribution in [-0.2, 0) is 24.1 Å². The van der Waals surface area contributed by atoms with Crippen LogP contribution in [0, 0.1) is 5.92 Å². The number of aromatic nitrogens is 2. The average Bonchev–Trinajstić information content (AvgIpc) is 3.50. The fourth-order valence-electron chi connectivity index (χ4n) is 4.42. The third-order valence-corrected chi connectivity index (χ3v) is 6.00. The number of rotatable bonds is 10. The van der Waals surface area contributed by atoms with E-state index < -0.39 is 5.97 Å². The zero-order chi connectivity index (χ0) is 22.0. The van der Waals surface area contributed by atoms with Crippen LogP contribution in [-0.4, -0.2) is 34.3 Å². The molecule has 0 aliphatic heterocycles. The standard InChI is InChI=1S/C26H32N2O3/c1-17(2)16-28-9-8-21-12-18(11-20(25(21)28)5-4-10-31-3)13-24-23(26(29)30)14-22(15-27-24)19-6-7-19/h8-9,11-12,14-15,17,19H,4-7,10,13,16H2,1-3H3,(H,29,30). The van der Waals surface area contributed by atoms with E-state index in [9.17, 15) is 9.90 Å². The van der Waals surface area contributed by atoms with Crippen LogP contribution in [0.5, 0.6) is 0 Å². The number of aryl methyl sites for hydroxylation is 1. The van der Waals surface area contributed by atoms with Gasteiger partial charge in [0.2, 0.25) is 0 Å². The van der Waals surface area contributed by atoms with Crippen molar-refractivity contribution in [1.29, 1.82) is 0 Å². The van der Waals surface area contributed by atoms with Gasteiger partial charge in [-0.2, -0.15) is 0 Å². The zero-order valence-electron chi connectivity index (χ0n) is 18.7. The summed E-state index contributed by atoms with van der Waals surface area (Å²) in [5, 5.41) is 11.0. The summed E-state index contributed by atoms with van der Waals surface area (Å²) < 4.78 is 7.62. The molecule has 0 radical (unpaired) electrons. The number of methoxy groups -OCH3 is 1. The minimum absolute atomic E-state index is 0.336. The Kier molecular flexibility index (Phi) is 6.42.